The van der Waals surface area contributed by atoms with Gasteiger partial charge in [0.2, 0.25) is 0 Å². The van der Waals surface area contributed by atoms with Crippen LogP contribution in [0.25, 0.3) is 0 Å². The summed E-state index contributed by atoms with van der Waals surface area (Å²) in [6.45, 7) is 1.69. The first-order valence-corrected chi connectivity index (χ1v) is 3.30. The van der Waals surface area contributed by atoms with E-state index in [2.05, 4.69) is 11.1 Å². The Morgan fingerprint density at radius 2 is 2.56 bits per heavy atom. The summed E-state index contributed by atoms with van der Waals surface area (Å²) in [6.07, 6.45) is 7.06. The van der Waals surface area contributed by atoms with Crippen molar-refractivity contribution in [3.8, 4) is 0 Å². The van der Waals surface area contributed by atoms with E-state index >= 15 is 0 Å². The molecular weight excluding hydrogens is 112 g/mol. The van der Waals surface area contributed by atoms with Crippen LogP contribution in [0, 0.1) is 5.92 Å². The number of rotatable bonds is 2. The molecule has 0 spiro atoms. The van der Waals surface area contributed by atoms with Crippen molar-refractivity contribution in [1.29, 1.82) is 0 Å². The summed E-state index contributed by atoms with van der Waals surface area (Å²) in [5, 5.41) is 0. The Balaban J connectivity index is 2.28. The lowest BCUT2D eigenvalue weighted by Crippen LogP contribution is -2.11. The predicted octanol–water partition coefficient (Wildman–Crippen LogP) is 0.592. The SMILES string of the molecule is NCCC1C=CC=NC1. The predicted molar refractivity (Wildman–Crippen MR) is 39.7 cm³/mol. The average Bonchev–Trinajstić information content (AvgIpc) is 1.91. The molecule has 0 radical (unpaired) electrons. The average molecular weight is 124 g/mol. The topological polar surface area (TPSA) is 38.4 Å². The molecule has 2 nitrogen and oxygen atoms in total. The molecule has 0 aromatic rings. The summed E-state index contributed by atoms with van der Waals surface area (Å²) in [7, 11) is 0. The van der Waals surface area contributed by atoms with Crippen LogP contribution in [0.15, 0.2) is 17.1 Å². The number of dihydropyridines is 1. The molecule has 0 fully saturated rings. The smallest absolute Gasteiger partial charge is 0.0452 e. The van der Waals surface area contributed by atoms with Crippen LogP contribution in [0.2, 0.25) is 0 Å². The van der Waals surface area contributed by atoms with Gasteiger partial charge in [0.1, 0.15) is 0 Å². The van der Waals surface area contributed by atoms with Gasteiger partial charge in [-0.05, 0) is 25.0 Å². The lowest BCUT2D eigenvalue weighted by atomic mass is 10.0. The molecule has 0 aromatic heterocycles. The summed E-state index contributed by atoms with van der Waals surface area (Å²) in [6, 6.07) is 0. The van der Waals surface area contributed by atoms with E-state index in [4.69, 9.17) is 5.73 Å². The molecule has 0 amide bonds. The number of hydrogen-bond acceptors (Lipinski definition) is 2. The first-order valence-electron chi connectivity index (χ1n) is 3.30. The first kappa shape index (κ1) is 6.49. The maximum Gasteiger partial charge on any atom is 0.0452 e. The molecule has 0 saturated carbocycles. The maximum absolute atomic E-state index is 5.37. The van der Waals surface area contributed by atoms with Crippen LogP contribution < -0.4 is 5.73 Å². The molecule has 0 aliphatic carbocycles. The Morgan fingerprint density at radius 3 is 3.11 bits per heavy atom. The number of aliphatic imine (C=N–C) groups is 1. The maximum atomic E-state index is 5.37. The van der Waals surface area contributed by atoms with Crippen molar-refractivity contribution in [1.82, 2.24) is 0 Å². The third kappa shape index (κ3) is 1.98. The van der Waals surface area contributed by atoms with Gasteiger partial charge in [0, 0.05) is 12.8 Å². The second kappa shape index (κ2) is 3.41. The van der Waals surface area contributed by atoms with Crippen LogP contribution in [-0.2, 0) is 0 Å². The molecule has 50 valence electrons. The van der Waals surface area contributed by atoms with Crippen LogP contribution in [0.4, 0.5) is 0 Å². The molecular formula is C7H12N2. The fraction of sp³-hybridized carbons (Fsp3) is 0.571. The van der Waals surface area contributed by atoms with Gasteiger partial charge in [-0.15, -0.1) is 0 Å². The fourth-order valence-electron chi connectivity index (χ4n) is 0.926. The van der Waals surface area contributed by atoms with Gasteiger partial charge in [0.25, 0.3) is 0 Å². The van der Waals surface area contributed by atoms with E-state index in [1.54, 1.807) is 0 Å². The molecule has 1 atom stereocenters. The molecule has 1 rings (SSSR count). The lowest BCUT2D eigenvalue weighted by Gasteiger charge is -2.09. The zero-order valence-electron chi connectivity index (χ0n) is 5.46. The molecule has 9 heavy (non-hydrogen) atoms. The van der Waals surface area contributed by atoms with Crippen molar-refractivity contribution < 1.29 is 0 Å². The Hall–Kier alpha value is -0.630. The minimum absolute atomic E-state index is 0.597. The fourth-order valence-corrected chi connectivity index (χ4v) is 0.926. The zero-order valence-corrected chi connectivity index (χ0v) is 5.46. The van der Waals surface area contributed by atoms with Crippen molar-refractivity contribution in [2.45, 2.75) is 6.42 Å². The Kier molecular flexibility index (Phi) is 2.46. The molecule has 1 aliphatic heterocycles. The van der Waals surface area contributed by atoms with E-state index in [0.29, 0.717) is 5.92 Å². The first-order chi connectivity index (χ1) is 4.43. The van der Waals surface area contributed by atoms with E-state index in [1.807, 2.05) is 12.3 Å². The number of hydrogen-bond donors (Lipinski definition) is 1. The van der Waals surface area contributed by atoms with E-state index in [0.717, 1.165) is 19.5 Å². The number of allylic oxidation sites excluding steroid dienone is 1. The second-order valence-corrected chi connectivity index (χ2v) is 2.24. The van der Waals surface area contributed by atoms with Crippen LogP contribution in [-0.4, -0.2) is 19.3 Å². The Labute approximate surface area is 55.5 Å². The van der Waals surface area contributed by atoms with Crippen LogP contribution in [0.3, 0.4) is 0 Å². The minimum Gasteiger partial charge on any atom is -0.330 e. The monoisotopic (exact) mass is 124 g/mol. The molecule has 2 N–H and O–H groups in total. The van der Waals surface area contributed by atoms with Gasteiger partial charge in [-0.25, -0.2) is 0 Å². The summed E-state index contributed by atoms with van der Waals surface area (Å²) in [4.78, 5) is 4.11. The highest BCUT2D eigenvalue weighted by Crippen LogP contribution is 2.06. The highest BCUT2D eigenvalue weighted by atomic mass is 14.7. The normalized spacial score (nSPS) is 24.8. The van der Waals surface area contributed by atoms with Gasteiger partial charge in [-0.2, -0.15) is 0 Å². The zero-order chi connectivity index (χ0) is 6.53. The van der Waals surface area contributed by atoms with Crippen molar-refractivity contribution >= 4 is 6.21 Å². The molecule has 1 unspecified atom stereocenters. The highest BCUT2D eigenvalue weighted by Gasteiger charge is 2.02. The van der Waals surface area contributed by atoms with Crippen molar-refractivity contribution in [2.75, 3.05) is 13.1 Å². The van der Waals surface area contributed by atoms with E-state index in [-0.39, 0.29) is 0 Å². The van der Waals surface area contributed by atoms with E-state index in [1.165, 1.54) is 0 Å². The summed E-state index contributed by atoms with van der Waals surface area (Å²) < 4.78 is 0. The van der Waals surface area contributed by atoms with Crippen LogP contribution in [0.1, 0.15) is 6.42 Å². The van der Waals surface area contributed by atoms with E-state index in [9.17, 15) is 0 Å². The molecule has 1 heterocycles. The van der Waals surface area contributed by atoms with Crippen molar-refractivity contribution in [2.24, 2.45) is 16.6 Å². The summed E-state index contributed by atoms with van der Waals surface area (Å²) in [5.74, 6) is 0.597. The molecule has 0 aromatic carbocycles. The van der Waals surface area contributed by atoms with Gasteiger partial charge >= 0.3 is 0 Å². The largest absolute Gasteiger partial charge is 0.330 e. The Morgan fingerprint density at radius 1 is 1.67 bits per heavy atom. The minimum atomic E-state index is 0.597. The summed E-state index contributed by atoms with van der Waals surface area (Å²) >= 11 is 0. The van der Waals surface area contributed by atoms with Crippen molar-refractivity contribution in [3.63, 3.8) is 0 Å². The quantitative estimate of drug-likeness (QED) is 0.575. The standard InChI is InChI=1S/C7H12N2/c8-4-3-7-2-1-5-9-6-7/h1-2,5,7H,3-4,6,8H2. The highest BCUT2D eigenvalue weighted by molar-refractivity contribution is 5.71. The molecule has 0 bridgehead atoms. The van der Waals surface area contributed by atoms with Gasteiger partial charge in [-0.3, -0.25) is 4.99 Å². The third-order valence-corrected chi connectivity index (χ3v) is 1.45. The second-order valence-electron chi connectivity index (χ2n) is 2.24. The summed E-state index contributed by atoms with van der Waals surface area (Å²) in [5.41, 5.74) is 5.37. The van der Waals surface area contributed by atoms with Gasteiger partial charge in [-0.1, -0.05) is 6.08 Å². The van der Waals surface area contributed by atoms with Crippen LogP contribution >= 0.6 is 0 Å². The van der Waals surface area contributed by atoms with Crippen LogP contribution in [0.5, 0.6) is 0 Å². The molecule has 0 saturated heterocycles. The number of nitrogens with zero attached hydrogens (tertiary/aromatic N) is 1. The molecule has 2 heteroatoms. The van der Waals surface area contributed by atoms with Gasteiger partial charge in [0.05, 0.1) is 0 Å². The molecule has 1 aliphatic rings. The third-order valence-electron chi connectivity index (χ3n) is 1.45. The number of nitrogens with two attached hydrogens (primary N) is 1. The lowest BCUT2D eigenvalue weighted by molar-refractivity contribution is 0.609. The van der Waals surface area contributed by atoms with Crippen molar-refractivity contribution in [3.05, 3.63) is 12.2 Å². The van der Waals surface area contributed by atoms with E-state index < -0.39 is 0 Å². The van der Waals surface area contributed by atoms with Gasteiger partial charge in [0.15, 0.2) is 0 Å². The van der Waals surface area contributed by atoms with Gasteiger partial charge < -0.3 is 5.73 Å². The Bertz CT molecular complexity index is 127.